The lowest BCUT2D eigenvalue weighted by atomic mass is 9.97. The third-order valence-electron chi connectivity index (χ3n) is 3.39. The number of carbonyl (C=O) groups is 1. The molecule has 2 aromatic rings. The summed E-state index contributed by atoms with van der Waals surface area (Å²) in [5, 5.41) is 0. The number of esters is 1. The Kier molecular flexibility index (Phi) is 5.14. The Balaban J connectivity index is 1.92. The number of imidazole rings is 1. The van der Waals surface area contributed by atoms with Gasteiger partial charge < -0.3 is 9.30 Å². The molecule has 0 aliphatic carbocycles. The average Bonchev–Trinajstić information content (AvgIpc) is 2.97. The van der Waals surface area contributed by atoms with E-state index in [1.807, 2.05) is 19.1 Å². The third-order valence-corrected chi connectivity index (χ3v) is 3.39. The van der Waals surface area contributed by atoms with E-state index in [1.54, 1.807) is 23.3 Å². The fourth-order valence-corrected chi connectivity index (χ4v) is 2.18. The van der Waals surface area contributed by atoms with Gasteiger partial charge in [0.1, 0.15) is 0 Å². The van der Waals surface area contributed by atoms with Gasteiger partial charge in [0, 0.05) is 12.4 Å². The number of nitrogens with zero attached hydrogens (tertiary/aromatic N) is 2. The molecule has 2 rings (SSSR count). The van der Waals surface area contributed by atoms with Crippen molar-refractivity contribution >= 4 is 5.97 Å². The first kappa shape index (κ1) is 15.3. The highest BCUT2D eigenvalue weighted by Crippen LogP contribution is 2.19. The molecule has 1 aromatic carbocycles. The lowest BCUT2D eigenvalue weighted by molar-refractivity contribution is -0.148. The van der Waals surface area contributed by atoms with Gasteiger partial charge in [-0.3, -0.25) is 4.79 Å². The van der Waals surface area contributed by atoms with Crippen LogP contribution in [0, 0.1) is 5.92 Å². The first-order valence-corrected chi connectivity index (χ1v) is 7.27. The van der Waals surface area contributed by atoms with Crippen LogP contribution in [-0.2, 0) is 22.7 Å². The summed E-state index contributed by atoms with van der Waals surface area (Å²) >= 11 is 0. The standard InChI is InChI=1S/C17H22N2O2/c1-13(2)10-15-4-6-16(7-5-15)14(3)17(20)21-12-19-9-8-18-11-19/h4-9,11,13-14H,10,12H2,1-3H3. The molecule has 1 aromatic heterocycles. The molecule has 0 saturated carbocycles. The molecule has 21 heavy (non-hydrogen) atoms. The van der Waals surface area contributed by atoms with Crippen LogP contribution in [0.1, 0.15) is 37.8 Å². The highest BCUT2D eigenvalue weighted by atomic mass is 16.5. The zero-order valence-corrected chi connectivity index (χ0v) is 12.8. The molecule has 0 N–H and O–H groups in total. The van der Waals surface area contributed by atoms with E-state index in [2.05, 4.69) is 31.0 Å². The van der Waals surface area contributed by atoms with Gasteiger partial charge in [0.2, 0.25) is 0 Å². The summed E-state index contributed by atoms with van der Waals surface area (Å²) in [6.45, 7) is 6.47. The normalized spacial score (nSPS) is 12.4. The van der Waals surface area contributed by atoms with Crippen molar-refractivity contribution in [3.8, 4) is 0 Å². The molecule has 0 spiro atoms. The topological polar surface area (TPSA) is 44.1 Å². The molecule has 0 aliphatic rings. The number of carbonyl (C=O) groups excluding carboxylic acids is 1. The lowest BCUT2D eigenvalue weighted by Crippen LogP contribution is -2.15. The Hall–Kier alpha value is -2.10. The number of benzene rings is 1. The smallest absolute Gasteiger partial charge is 0.314 e. The summed E-state index contributed by atoms with van der Waals surface area (Å²) in [5.41, 5.74) is 2.28. The number of ether oxygens (including phenoxy) is 1. The quantitative estimate of drug-likeness (QED) is 0.765. The third kappa shape index (κ3) is 4.45. The fourth-order valence-electron chi connectivity index (χ4n) is 2.18. The van der Waals surface area contributed by atoms with Crippen molar-refractivity contribution < 1.29 is 9.53 Å². The minimum atomic E-state index is -0.262. The molecule has 0 bridgehead atoms. The van der Waals surface area contributed by atoms with E-state index < -0.39 is 0 Å². The van der Waals surface area contributed by atoms with Gasteiger partial charge in [0.25, 0.3) is 0 Å². The molecule has 112 valence electrons. The van der Waals surface area contributed by atoms with E-state index in [1.165, 1.54) is 5.56 Å². The van der Waals surface area contributed by atoms with Crippen molar-refractivity contribution in [2.24, 2.45) is 5.92 Å². The second-order valence-electron chi connectivity index (χ2n) is 5.73. The van der Waals surface area contributed by atoms with Gasteiger partial charge in [-0.1, -0.05) is 38.1 Å². The Morgan fingerprint density at radius 3 is 2.52 bits per heavy atom. The van der Waals surface area contributed by atoms with Crippen molar-refractivity contribution in [2.75, 3.05) is 0 Å². The molecule has 0 fully saturated rings. The predicted molar refractivity (Wildman–Crippen MR) is 81.7 cm³/mol. The highest BCUT2D eigenvalue weighted by Gasteiger charge is 2.16. The van der Waals surface area contributed by atoms with Crippen LogP contribution >= 0.6 is 0 Å². The van der Waals surface area contributed by atoms with Crippen LogP contribution in [0.25, 0.3) is 0 Å². The van der Waals surface area contributed by atoms with Gasteiger partial charge in [0.05, 0.1) is 12.2 Å². The van der Waals surface area contributed by atoms with E-state index in [0.29, 0.717) is 5.92 Å². The molecular formula is C17H22N2O2. The minimum Gasteiger partial charge on any atom is -0.443 e. The van der Waals surface area contributed by atoms with E-state index in [9.17, 15) is 4.79 Å². The van der Waals surface area contributed by atoms with Crippen LogP contribution in [0.3, 0.4) is 0 Å². The molecule has 0 amide bonds. The number of hydrogen-bond acceptors (Lipinski definition) is 3. The van der Waals surface area contributed by atoms with Crippen molar-refractivity contribution in [3.63, 3.8) is 0 Å². The molecule has 0 aliphatic heterocycles. The van der Waals surface area contributed by atoms with Crippen LogP contribution in [-0.4, -0.2) is 15.5 Å². The Morgan fingerprint density at radius 1 is 1.24 bits per heavy atom. The van der Waals surface area contributed by atoms with Crippen molar-refractivity contribution in [1.82, 2.24) is 9.55 Å². The number of aromatic nitrogens is 2. The monoisotopic (exact) mass is 286 g/mol. The maximum absolute atomic E-state index is 12.0. The zero-order chi connectivity index (χ0) is 15.2. The van der Waals surface area contributed by atoms with Gasteiger partial charge in [0.15, 0.2) is 6.73 Å². The largest absolute Gasteiger partial charge is 0.443 e. The Morgan fingerprint density at radius 2 is 1.95 bits per heavy atom. The summed E-state index contributed by atoms with van der Waals surface area (Å²) in [6.07, 6.45) is 6.10. The fraction of sp³-hybridized carbons (Fsp3) is 0.412. The van der Waals surface area contributed by atoms with Crippen molar-refractivity contribution in [1.29, 1.82) is 0 Å². The molecule has 4 nitrogen and oxygen atoms in total. The van der Waals surface area contributed by atoms with Gasteiger partial charge in [-0.15, -0.1) is 0 Å². The lowest BCUT2D eigenvalue weighted by Gasteiger charge is -2.13. The summed E-state index contributed by atoms with van der Waals surface area (Å²) < 4.78 is 7.00. The Labute approximate surface area is 125 Å². The first-order valence-electron chi connectivity index (χ1n) is 7.27. The first-order chi connectivity index (χ1) is 10.1. The van der Waals surface area contributed by atoms with Crippen LogP contribution in [0.15, 0.2) is 43.0 Å². The summed E-state index contributed by atoms with van der Waals surface area (Å²) in [4.78, 5) is 16.0. The van der Waals surface area contributed by atoms with Gasteiger partial charge in [-0.2, -0.15) is 0 Å². The van der Waals surface area contributed by atoms with Crippen LogP contribution < -0.4 is 0 Å². The molecule has 0 saturated heterocycles. The number of hydrogen-bond donors (Lipinski definition) is 0. The minimum absolute atomic E-state index is 0.203. The number of rotatable bonds is 6. The summed E-state index contributed by atoms with van der Waals surface area (Å²) in [5.74, 6) is 0.148. The summed E-state index contributed by atoms with van der Waals surface area (Å²) in [6, 6.07) is 8.21. The van der Waals surface area contributed by atoms with Gasteiger partial charge in [-0.25, -0.2) is 4.98 Å². The van der Waals surface area contributed by atoms with Crippen molar-refractivity contribution in [2.45, 2.75) is 39.8 Å². The van der Waals surface area contributed by atoms with Crippen LogP contribution in [0.5, 0.6) is 0 Å². The van der Waals surface area contributed by atoms with Gasteiger partial charge in [-0.05, 0) is 30.4 Å². The van der Waals surface area contributed by atoms with Crippen LogP contribution in [0.2, 0.25) is 0 Å². The SMILES string of the molecule is CC(C)Cc1ccc(C(C)C(=O)OCn2ccnc2)cc1. The van der Waals surface area contributed by atoms with E-state index in [0.717, 1.165) is 12.0 Å². The molecule has 4 heteroatoms. The molecular weight excluding hydrogens is 264 g/mol. The van der Waals surface area contributed by atoms with E-state index in [4.69, 9.17) is 4.74 Å². The van der Waals surface area contributed by atoms with Crippen molar-refractivity contribution in [3.05, 3.63) is 54.1 Å². The van der Waals surface area contributed by atoms with Crippen LogP contribution in [0.4, 0.5) is 0 Å². The maximum Gasteiger partial charge on any atom is 0.314 e. The molecule has 0 radical (unpaired) electrons. The van der Waals surface area contributed by atoms with E-state index in [-0.39, 0.29) is 18.6 Å². The predicted octanol–water partition coefficient (Wildman–Crippen LogP) is 3.39. The molecule has 1 unspecified atom stereocenters. The average molecular weight is 286 g/mol. The zero-order valence-electron chi connectivity index (χ0n) is 12.8. The Bertz CT molecular complexity index is 559. The van der Waals surface area contributed by atoms with Gasteiger partial charge >= 0.3 is 5.97 Å². The molecule has 1 heterocycles. The maximum atomic E-state index is 12.0. The highest BCUT2D eigenvalue weighted by molar-refractivity contribution is 5.77. The van der Waals surface area contributed by atoms with E-state index >= 15 is 0 Å². The summed E-state index contributed by atoms with van der Waals surface area (Å²) in [7, 11) is 0. The second-order valence-corrected chi connectivity index (χ2v) is 5.73. The second kappa shape index (κ2) is 7.07. The molecule has 1 atom stereocenters.